The molecule has 2 amide bonds. The van der Waals surface area contributed by atoms with Crippen LogP contribution >= 0.6 is 0 Å². The molecule has 0 aliphatic carbocycles. The van der Waals surface area contributed by atoms with E-state index in [9.17, 15) is 9.59 Å². The Morgan fingerprint density at radius 1 is 0.867 bits per heavy atom. The Morgan fingerprint density at radius 3 is 2.30 bits per heavy atom. The van der Waals surface area contributed by atoms with Crippen molar-refractivity contribution in [2.45, 2.75) is 13.5 Å². The smallest absolute Gasteiger partial charge is 0.252 e. The van der Waals surface area contributed by atoms with Gasteiger partial charge >= 0.3 is 0 Å². The van der Waals surface area contributed by atoms with E-state index in [1.807, 2.05) is 84.9 Å². The van der Waals surface area contributed by atoms with E-state index in [0.29, 0.717) is 23.5 Å². The molecule has 0 saturated heterocycles. The number of nitrogens with zero attached hydrogens (tertiary/aromatic N) is 1. The summed E-state index contributed by atoms with van der Waals surface area (Å²) in [5.74, 6) is -0.266. The first kappa shape index (κ1) is 19.3. The minimum absolute atomic E-state index is 0.121. The number of nitrogens with one attached hydrogen (secondary N) is 2. The molecule has 4 rings (SSSR count). The van der Waals surface area contributed by atoms with E-state index in [4.69, 9.17) is 4.98 Å². The summed E-state index contributed by atoms with van der Waals surface area (Å²) in [7, 11) is 0. The van der Waals surface area contributed by atoms with E-state index in [0.717, 1.165) is 22.0 Å². The zero-order valence-corrected chi connectivity index (χ0v) is 16.6. The zero-order valence-electron chi connectivity index (χ0n) is 16.6. The standard InChI is InChI=1S/C25H21N3O2/c1-17(29)27-20-13-11-19(12-14-20)24-15-22(21-9-5-6-10-23(21)28-24)25(30)26-16-18-7-3-2-4-8-18/h2-15H,16H2,1H3,(H,26,30)(H,27,29). The molecule has 1 heterocycles. The number of aromatic nitrogens is 1. The fourth-order valence-electron chi connectivity index (χ4n) is 3.31. The van der Waals surface area contributed by atoms with Crippen LogP contribution in [0, 0.1) is 0 Å². The number of rotatable bonds is 5. The molecule has 0 fully saturated rings. The molecular formula is C25H21N3O2. The largest absolute Gasteiger partial charge is 0.348 e. The minimum Gasteiger partial charge on any atom is -0.348 e. The first-order valence-corrected chi connectivity index (χ1v) is 9.70. The summed E-state index contributed by atoms with van der Waals surface area (Å²) in [4.78, 5) is 29.0. The van der Waals surface area contributed by atoms with E-state index in [2.05, 4.69) is 10.6 Å². The van der Waals surface area contributed by atoms with Gasteiger partial charge < -0.3 is 10.6 Å². The molecule has 3 aromatic carbocycles. The molecule has 5 heteroatoms. The molecular weight excluding hydrogens is 374 g/mol. The topological polar surface area (TPSA) is 71.1 Å². The van der Waals surface area contributed by atoms with Gasteiger partial charge in [-0.05, 0) is 29.8 Å². The molecule has 1 aromatic heterocycles. The van der Waals surface area contributed by atoms with Crippen molar-refractivity contribution in [2.75, 3.05) is 5.32 Å². The van der Waals surface area contributed by atoms with Gasteiger partial charge in [0.25, 0.3) is 5.91 Å². The molecule has 0 aliphatic heterocycles. The lowest BCUT2D eigenvalue weighted by Gasteiger charge is -2.11. The van der Waals surface area contributed by atoms with Crippen molar-refractivity contribution in [3.05, 3.63) is 96.1 Å². The average Bonchev–Trinajstić information content (AvgIpc) is 2.77. The summed E-state index contributed by atoms with van der Waals surface area (Å²) in [5.41, 5.74) is 4.66. The molecule has 0 unspecified atom stereocenters. The molecule has 148 valence electrons. The van der Waals surface area contributed by atoms with Gasteiger partial charge in [0.2, 0.25) is 5.91 Å². The minimum atomic E-state index is -0.145. The maximum Gasteiger partial charge on any atom is 0.252 e. The number of pyridine rings is 1. The van der Waals surface area contributed by atoms with Gasteiger partial charge in [-0.3, -0.25) is 9.59 Å². The first-order chi connectivity index (χ1) is 14.6. The molecule has 0 saturated carbocycles. The van der Waals surface area contributed by atoms with Gasteiger partial charge in [-0.15, -0.1) is 0 Å². The number of carbonyl (C=O) groups is 2. The maximum atomic E-state index is 13.0. The molecule has 0 bridgehead atoms. The van der Waals surface area contributed by atoms with Crippen LogP contribution in [0.15, 0.2) is 84.9 Å². The number of hydrogen-bond acceptors (Lipinski definition) is 3. The average molecular weight is 395 g/mol. The van der Waals surface area contributed by atoms with Gasteiger partial charge in [0.05, 0.1) is 16.8 Å². The fourth-order valence-corrected chi connectivity index (χ4v) is 3.31. The lowest BCUT2D eigenvalue weighted by atomic mass is 10.0. The molecule has 0 spiro atoms. The Hall–Kier alpha value is -3.99. The summed E-state index contributed by atoms with van der Waals surface area (Å²) in [5, 5.41) is 6.56. The third-order valence-corrected chi connectivity index (χ3v) is 4.76. The van der Waals surface area contributed by atoms with Crippen LogP contribution in [0.1, 0.15) is 22.8 Å². The third-order valence-electron chi connectivity index (χ3n) is 4.76. The maximum absolute atomic E-state index is 13.0. The highest BCUT2D eigenvalue weighted by molar-refractivity contribution is 6.07. The number of hydrogen-bond donors (Lipinski definition) is 2. The highest BCUT2D eigenvalue weighted by atomic mass is 16.2. The monoisotopic (exact) mass is 395 g/mol. The Morgan fingerprint density at radius 2 is 1.57 bits per heavy atom. The highest BCUT2D eigenvalue weighted by Gasteiger charge is 2.14. The van der Waals surface area contributed by atoms with E-state index < -0.39 is 0 Å². The van der Waals surface area contributed by atoms with Crippen molar-refractivity contribution in [1.29, 1.82) is 0 Å². The number of anilines is 1. The van der Waals surface area contributed by atoms with Crippen LogP contribution in [0.4, 0.5) is 5.69 Å². The number of para-hydroxylation sites is 1. The van der Waals surface area contributed by atoms with Crippen LogP contribution in [-0.2, 0) is 11.3 Å². The number of amides is 2. The predicted octanol–water partition coefficient (Wildman–Crippen LogP) is 4.79. The van der Waals surface area contributed by atoms with Crippen LogP contribution in [-0.4, -0.2) is 16.8 Å². The second kappa shape index (κ2) is 8.57. The molecule has 4 aromatic rings. The predicted molar refractivity (Wildman–Crippen MR) is 119 cm³/mol. The summed E-state index contributed by atoms with van der Waals surface area (Å²) in [6, 6.07) is 26.7. The van der Waals surface area contributed by atoms with Crippen LogP contribution in [0.3, 0.4) is 0 Å². The molecule has 30 heavy (non-hydrogen) atoms. The van der Waals surface area contributed by atoms with Crippen molar-refractivity contribution in [2.24, 2.45) is 0 Å². The molecule has 0 atom stereocenters. The van der Waals surface area contributed by atoms with Gasteiger partial charge in [0.1, 0.15) is 0 Å². The van der Waals surface area contributed by atoms with Crippen molar-refractivity contribution in [3.8, 4) is 11.3 Å². The lowest BCUT2D eigenvalue weighted by molar-refractivity contribution is -0.114. The third kappa shape index (κ3) is 4.36. The second-order valence-electron chi connectivity index (χ2n) is 7.00. The van der Waals surface area contributed by atoms with Crippen molar-refractivity contribution in [1.82, 2.24) is 10.3 Å². The summed E-state index contributed by atoms with van der Waals surface area (Å²) >= 11 is 0. The summed E-state index contributed by atoms with van der Waals surface area (Å²) in [6.07, 6.45) is 0. The normalized spacial score (nSPS) is 10.6. The van der Waals surface area contributed by atoms with Gasteiger partial charge in [0.15, 0.2) is 0 Å². The van der Waals surface area contributed by atoms with Crippen LogP contribution in [0.2, 0.25) is 0 Å². The van der Waals surface area contributed by atoms with E-state index >= 15 is 0 Å². The van der Waals surface area contributed by atoms with Gasteiger partial charge in [-0.25, -0.2) is 4.98 Å². The molecule has 0 radical (unpaired) electrons. The van der Waals surface area contributed by atoms with Gasteiger partial charge in [0, 0.05) is 30.1 Å². The Labute approximate surface area is 174 Å². The Kier molecular flexibility index (Phi) is 5.52. The zero-order chi connectivity index (χ0) is 20.9. The summed E-state index contributed by atoms with van der Waals surface area (Å²) in [6.45, 7) is 1.93. The quantitative estimate of drug-likeness (QED) is 0.510. The van der Waals surface area contributed by atoms with Crippen LogP contribution in [0.5, 0.6) is 0 Å². The number of benzene rings is 3. The highest BCUT2D eigenvalue weighted by Crippen LogP contribution is 2.26. The van der Waals surface area contributed by atoms with Crippen molar-refractivity contribution in [3.63, 3.8) is 0 Å². The van der Waals surface area contributed by atoms with Crippen LogP contribution in [0.25, 0.3) is 22.2 Å². The Balaban J connectivity index is 1.67. The number of fused-ring (bicyclic) bond motifs is 1. The fraction of sp³-hybridized carbons (Fsp3) is 0.0800. The second-order valence-corrected chi connectivity index (χ2v) is 7.00. The van der Waals surface area contributed by atoms with Crippen molar-refractivity contribution >= 4 is 28.4 Å². The molecule has 5 nitrogen and oxygen atoms in total. The summed E-state index contributed by atoms with van der Waals surface area (Å²) < 4.78 is 0. The van der Waals surface area contributed by atoms with Crippen LogP contribution < -0.4 is 10.6 Å². The molecule has 2 N–H and O–H groups in total. The molecule has 0 aliphatic rings. The first-order valence-electron chi connectivity index (χ1n) is 9.70. The van der Waals surface area contributed by atoms with E-state index in [1.54, 1.807) is 0 Å². The number of carbonyl (C=O) groups excluding carboxylic acids is 2. The lowest BCUT2D eigenvalue weighted by Crippen LogP contribution is -2.23. The van der Waals surface area contributed by atoms with E-state index in [1.165, 1.54) is 6.92 Å². The van der Waals surface area contributed by atoms with E-state index in [-0.39, 0.29) is 11.8 Å². The van der Waals surface area contributed by atoms with Gasteiger partial charge in [-0.2, -0.15) is 0 Å². The van der Waals surface area contributed by atoms with Crippen molar-refractivity contribution < 1.29 is 9.59 Å². The van der Waals surface area contributed by atoms with Gasteiger partial charge in [-0.1, -0.05) is 60.7 Å². The Bertz CT molecular complexity index is 1200. The SMILES string of the molecule is CC(=O)Nc1ccc(-c2cc(C(=O)NCc3ccccc3)c3ccccc3n2)cc1.